The molecule has 0 aromatic heterocycles. The molecule has 0 spiro atoms. The maximum Gasteiger partial charge on any atom is 0.401 e. The predicted octanol–water partition coefficient (Wildman–Crippen LogP) is 3.68. The summed E-state index contributed by atoms with van der Waals surface area (Å²) in [5.74, 6) is 0.667. The first-order valence-corrected chi connectivity index (χ1v) is 7.35. The van der Waals surface area contributed by atoms with E-state index < -0.39 is 12.7 Å². The Balaban J connectivity index is 3.41. The number of rotatable bonds is 11. The fourth-order valence-electron chi connectivity index (χ4n) is 1.93. The molecule has 0 saturated carbocycles. The van der Waals surface area contributed by atoms with Crippen LogP contribution in [0.1, 0.15) is 46.5 Å². The molecule has 1 N–H and O–H groups in total. The Morgan fingerprint density at radius 1 is 1.05 bits per heavy atom. The SMILES string of the molecule is CCN(CCCCCCNCC(C)C)CC(F)(F)F. The Kier molecular flexibility index (Phi) is 10.3. The van der Waals surface area contributed by atoms with Gasteiger partial charge < -0.3 is 5.32 Å². The smallest absolute Gasteiger partial charge is 0.316 e. The number of nitrogens with one attached hydrogen (secondary N) is 1. The van der Waals surface area contributed by atoms with E-state index in [1.54, 1.807) is 6.92 Å². The molecule has 19 heavy (non-hydrogen) atoms. The van der Waals surface area contributed by atoms with E-state index in [1.165, 1.54) is 4.90 Å². The molecule has 0 fully saturated rings. The predicted molar refractivity (Wildman–Crippen MR) is 74.3 cm³/mol. The lowest BCUT2D eigenvalue weighted by atomic mass is 10.1. The Morgan fingerprint density at radius 2 is 1.68 bits per heavy atom. The third kappa shape index (κ3) is 13.9. The summed E-state index contributed by atoms with van der Waals surface area (Å²) < 4.78 is 36.7. The van der Waals surface area contributed by atoms with E-state index in [-0.39, 0.29) is 0 Å². The normalized spacial score (nSPS) is 12.6. The minimum absolute atomic E-state index is 0.468. The van der Waals surface area contributed by atoms with Crippen LogP contribution in [0.2, 0.25) is 0 Å². The van der Waals surface area contributed by atoms with Crippen LogP contribution in [-0.2, 0) is 0 Å². The summed E-state index contributed by atoms with van der Waals surface area (Å²) in [6.45, 7) is 8.42. The molecular formula is C14H29F3N2. The van der Waals surface area contributed by atoms with Gasteiger partial charge >= 0.3 is 6.18 Å². The van der Waals surface area contributed by atoms with Crippen LogP contribution in [0, 0.1) is 5.92 Å². The van der Waals surface area contributed by atoms with Gasteiger partial charge in [0.15, 0.2) is 0 Å². The van der Waals surface area contributed by atoms with E-state index >= 15 is 0 Å². The molecule has 0 aromatic rings. The molecular weight excluding hydrogens is 253 g/mol. The molecule has 0 rings (SSSR count). The van der Waals surface area contributed by atoms with Crippen LogP contribution < -0.4 is 5.32 Å². The van der Waals surface area contributed by atoms with Crippen molar-refractivity contribution >= 4 is 0 Å². The molecule has 0 aromatic carbocycles. The van der Waals surface area contributed by atoms with Crippen LogP contribution >= 0.6 is 0 Å². The van der Waals surface area contributed by atoms with Gasteiger partial charge in [0.25, 0.3) is 0 Å². The third-order valence-electron chi connectivity index (χ3n) is 2.98. The number of nitrogens with zero attached hydrogens (tertiary/aromatic N) is 1. The molecule has 0 bridgehead atoms. The number of alkyl halides is 3. The fraction of sp³-hybridized carbons (Fsp3) is 1.00. The van der Waals surface area contributed by atoms with Gasteiger partial charge in [-0.25, -0.2) is 0 Å². The van der Waals surface area contributed by atoms with Crippen molar-refractivity contribution in [3.8, 4) is 0 Å². The second-order valence-electron chi connectivity index (χ2n) is 5.50. The van der Waals surface area contributed by atoms with Crippen LogP contribution in [0.15, 0.2) is 0 Å². The minimum atomic E-state index is -4.07. The van der Waals surface area contributed by atoms with Crippen LogP contribution in [0.5, 0.6) is 0 Å². The van der Waals surface area contributed by atoms with Gasteiger partial charge in [-0.15, -0.1) is 0 Å². The Bertz CT molecular complexity index is 205. The van der Waals surface area contributed by atoms with Crippen molar-refractivity contribution in [1.82, 2.24) is 10.2 Å². The quantitative estimate of drug-likeness (QED) is 0.582. The molecule has 2 nitrogen and oxygen atoms in total. The fourth-order valence-corrected chi connectivity index (χ4v) is 1.93. The Labute approximate surface area is 115 Å². The van der Waals surface area contributed by atoms with Gasteiger partial charge in [-0.05, 0) is 44.9 Å². The largest absolute Gasteiger partial charge is 0.401 e. The molecule has 0 aliphatic rings. The lowest BCUT2D eigenvalue weighted by Crippen LogP contribution is -2.34. The molecule has 116 valence electrons. The van der Waals surface area contributed by atoms with Crippen molar-refractivity contribution < 1.29 is 13.2 Å². The summed E-state index contributed by atoms with van der Waals surface area (Å²) in [4.78, 5) is 1.47. The van der Waals surface area contributed by atoms with Crippen LogP contribution in [0.25, 0.3) is 0 Å². The van der Waals surface area contributed by atoms with Crippen LogP contribution in [0.3, 0.4) is 0 Å². The van der Waals surface area contributed by atoms with Crippen molar-refractivity contribution in [2.24, 2.45) is 5.92 Å². The highest BCUT2D eigenvalue weighted by molar-refractivity contribution is 4.62. The lowest BCUT2D eigenvalue weighted by Gasteiger charge is -2.21. The number of hydrogen-bond donors (Lipinski definition) is 1. The number of halogens is 3. The number of unbranched alkanes of at least 4 members (excludes halogenated alkanes) is 3. The third-order valence-corrected chi connectivity index (χ3v) is 2.98. The number of hydrogen-bond acceptors (Lipinski definition) is 2. The van der Waals surface area contributed by atoms with Gasteiger partial charge in [-0.3, -0.25) is 4.90 Å². The second-order valence-corrected chi connectivity index (χ2v) is 5.50. The highest BCUT2D eigenvalue weighted by atomic mass is 19.4. The summed E-state index contributed by atoms with van der Waals surface area (Å²) in [7, 11) is 0. The molecule has 5 heteroatoms. The van der Waals surface area contributed by atoms with Gasteiger partial charge in [0.05, 0.1) is 6.54 Å². The van der Waals surface area contributed by atoms with Gasteiger partial charge in [0.1, 0.15) is 0 Å². The van der Waals surface area contributed by atoms with E-state index in [0.717, 1.165) is 38.8 Å². The zero-order chi connectivity index (χ0) is 14.7. The molecule has 0 unspecified atom stereocenters. The molecule has 0 saturated heterocycles. The average molecular weight is 282 g/mol. The standard InChI is InChI=1S/C14H29F3N2/c1-4-19(12-14(15,16)17)10-8-6-5-7-9-18-11-13(2)3/h13,18H,4-12H2,1-3H3. The summed E-state index contributed by atoms with van der Waals surface area (Å²) in [6.07, 6.45) is -0.00459. The van der Waals surface area contributed by atoms with E-state index in [9.17, 15) is 13.2 Å². The average Bonchev–Trinajstić information content (AvgIpc) is 2.29. The van der Waals surface area contributed by atoms with E-state index in [4.69, 9.17) is 0 Å². The zero-order valence-corrected chi connectivity index (χ0v) is 12.5. The van der Waals surface area contributed by atoms with Gasteiger partial charge in [0.2, 0.25) is 0 Å². The zero-order valence-electron chi connectivity index (χ0n) is 12.5. The lowest BCUT2D eigenvalue weighted by molar-refractivity contribution is -0.145. The van der Waals surface area contributed by atoms with Crippen LogP contribution in [0.4, 0.5) is 13.2 Å². The van der Waals surface area contributed by atoms with Crippen molar-refractivity contribution in [3.05, 3.63) is 0 Å². The maximum atomic E-state index is 12.2. The van der Waals surface area contributed by atoms with Gasteiger partial charge in [0, 0.05) is 0 Å². The van der Waals surface area contributed by atoms with E-state index in [2.05, 4.69) is 19.2 Å². The molecule has 0 radical (unpaired) electrons. The topological polar surface area (TPSA) is 15.3 Å². The summed E-state index contributed by atoms with van der Waals surface area (Å²) in [6, 6.07) is 0. The van der Waals surface area contributed by atoms with Crippen molar-refractivity contribution in [1.29, 1.82) is 0 Å². The Hall–Kier alpha value is -0.290. The van der Waals surface area contributed by atoms with Crippen molar-refractivity contribution in [2.45, 2.75) is 52.6 Å². The molecule has 0 atom stereocenters. The first-order chi connectivity index (χ1) is 8.85. The molecule has 0 amide bonds. The minimum Gasteiger partial charge on any atom is -0.316 e. The summed E-state index contributed by atoms with van der Waals surface area (Å²) in [5, 5.41) is 3.37. The molecule has 0 aliphatic carbocycles. The monoisotopic (exact) mass is 282 g/mol. The highest BCUT2D eigenvalue weighted by Crippen LogP contribution is 2.16. The van der Waals surface area contributed by atoms with Crippen LogP contribution in [-0.4, -0.2) is 43.8 Å². The van der Waals surface area contributed by atoms with E-state index in [0.29, 0.717) is 19.0 Å². The summed E-state index contributed by atoms with van der Waals surface area (Å²) >= 11 is 0. The Morgan fingerprint density at radius 3 is 2.21 bits per heavy atom. The first-order valence-electron chi connectivity index (χ1n) is 7.35. The maximum absolute atomic E-state index is 12.2. The van der Waals surface area contributed by atoms with Gasteiger partial charge in [-0.1, -0.05) is 33.6 Å². The summed E-state index contributed by atoms with van der Waals surface area (Å²) in [5.41, 5.74) is 0. The van der Waals surface area contributed by atoms with Crippen molar-refractivity contribution in [2.75, 3.05) is 32.7 Å². The van der Waals surface area contributed by atoms with Crippen molar-refractivity contribution in [3.63, 3.8) is 0 Å². The molecule has 0 heterocycles. The van der Waals surface area contributed by atoms with E-state index in [1.807, 2.05) is 0 Å². The molecule has 0 aliphatic heterocycles. The van der Waals surface area contributed by atoms with Gasteiger partial charge in [-0.2, -0.15) is 13.2 Å². The first kappa shape index (κ1) is 18.7. The second kappa shape index (κ2) is 10.5. The highest BCUT2D eigenvalue weighted by Gasteiger charge is 2.29.